The highest BCUT2D eigenvalue weighted by atomic mass is 16.5. The van der Waals surface area contributed by atoms with Gasteiger partial charge in [0.15, 0.2) is 0 Å². The highest BCUT2D eigenvalue weighted by Gasteiger charge is 2.04. The van der Waals surface area contributed by atoms with Crippen molar-refractivity contribution in [2.45, 2.75) is 13.5 Å². The van der Waals surface area contributed by atoms with Crippen molar-refractivity contribution in [3.8, 4) is 11.6 Å². The zero-order valence-corrected chi connectivity index (χ0v) is 11.8. The molecule has 1 aromatic heterocycles. The van der Waals surface area contributed by atoms with E-state index in [0.29, 0.717) is 29.8 Å². The summed E-state index contributed by atoms with van der Waals surface area (Å²) in [7, 11) is 3.17. The number of benzene rings is 1. The first-order valence-electron chi connectivity index (χ1n) is 6.18. The largest absolute Gasteiger partial charge is 0.495 e. The van der Waals surface area contributed by atoms with Crippen LogP contribution in [0.5, 0.6) is 11.6 Å². The summed E-state index contributed by atoms with van der Waals surface area (Å²) in [5.41, 5.74) is 8.33. The Morgan fingerprint density at radius 1 is 1.15 bits per heavy atom. The van der Waals surface area contributed by atoms with Gasteiger partial charge in [-0.3, -0.25) is 0 Å². The predicted molar refractivity (Wildman–Crippen MR) is 78.1 cm³/mol. The fraction of sp³-hybridized carbons (Fsp3) is 0.286. The standard InChI is InChI=1S/C14H18N4O2/c1-9-6-13(20-3)18-14(17-9)16-8-10-4-5-12(19-2)11(15)7-10/h4-7H,8,15H2,1-3H3,(H,16,17,18). The first-order chi connectivity index (χ1) is 9.62. The Morgan fingerprint density at radius 3 is 2.60 bits per heavy atom. The maximum Gasteiger partial charge on any atom is 0.226 e. The molecular formula is C14H18N4O2. The van der Waals surface area contributed by atoms with Crippen LogP contribution in [0.3, 0.4) is 0 Å². The molecule has 2 aromatic rings. The third-order valence-corrected chi connectivity index (χ3v) is 2.78. The SMILES string of the molecule is COc1cc(C)nc(NCc2ccc(OC)c(N)c2)n1. The van der Waals surface area contributed by atoms with Crippen LogP contribution in [0, 0.1) is 6.92 Å². The van der Waals surface area contributed by atoms with E-state index in [1.54, 1.807) is 20.3 Å². The van der Waals surface area contributed by atoms with Gasteiger partial charge in [0.05, 0.1) is 19.9 Å². The normalized spacial score (nSPS) is 10.2. The van der Waals surface area contributed by atoms with Gasteiger partial charge < -0.3 is 20.5 Å². The molecular weight excluding hydrogens is 256 g/mol. The Morgan fingerprint density at radius 2 is 1.95 bits per heavy atom. The van der Waals surface area contributed by atoms with E-state index in [4.69, 9.17) is 15.2 Å². The lowest BCUT2D eigenvalue weighted by Gasteiger charge is -2.09. The lowest BCUT2D eigenvalue weighted by Crippen LogP contribution is -2.06. The molecule has 1 aromatic carbocycles. The second-order valence-electron chi connectivity index (χ2n) is 4.31. The molecule has 20 heavy (non-hydrogen) atoms. The minimum absolute atomic E-state index is 0.524. The maximum absolute atomic E-state index is 5.87. The Balaban J connectivity index is 2.08. The number of nitrogens with one attached hydrogen (secondary N) is 1. The number of methoxy groups -OCH3 is 2. The van der Waals surface area contributed by atoms with Crippen molar-refractivity contribution in [3.05, 3.63) is 35.5 Å². The van der Waals surface area contributed by atoms with Crippen molar-refractivity contribution in [1.29, 1.82) is 0 Å². The number of ether oxygens (including phenoxy) is 2. The molecule has 0 aliphatic carbocycles. The van der Waals surface area contributed by atoms with Crippen molar-refractivity contribution in [1.82, 2.24) is 9.97 Å². The number of aryl methyl sites for hydroxylation is 1. The zero-order valence-electron chi connectivity index (χ0n) is 11.8. The first-order valence-corrected chi connectivity index (χ1v) is 6.18. The van der Waals surface area contributed by atoms with Gasteiger partial charge in [-0.1, -0.05) is 6.07 Å². The molecule has 6 heteroatoms. The van der Waals surface area contributed by atoms with Gasteiger partial charge >= 0.3 is 0 Å². The zero-order chi connectivity index (χ0) is 14.5. The van der Waals surface area contributed by atoms with Crippen molar-refractivity contribution >= 4 is 11.6 Å². The van der Waals surface area contributed by atoms with Crippen molar-refractivity contribution < 1.29 is 9.47 Å². The van der Waals surface area contributed by atoms with Crippen LogP contribution in [0.2, 0.25) is 0 Å². The van der Waals surface area contributed by atoms with Gasteiger partial charge in [-0.05, 0) is 24.6 Å². The van der Waals surface area contributed by atoms with Gasteiger partial charge in [0.25, 0.3) is 0 Å². The van der Waals surface area contributed by atoms with Gasteiger partial charge in [0.1, 0.15) is 5.75 Å². The second-order valence-corrected chi connectivity index (χ2v) is 4.31. The number of nitrogens with two attached hydrogens (primary N) is 1. The molecule has 6 nitrogen and oxygen atoms in total. The fourth-order valence-electron chi connectivity index (χ4n) is 1.80. The Kier molecular flexibility index (Phi) is 4.24. The number of anilines is 2. The van der Waals surface area contributed by atoms with Crippen LogP contribution in [0.4, 0.5) is 11.6 Å². The van der Waals surface area contributed by atoms with E-state index in [-0.39, 0.29) is 0 Å². The Hall–Kier alpha value is -2.50. The first kappa shape index (κ1) is 13.9. The lowest BCUT2D eigenvalue weighted by molar-refractivity contribution is 0.397. The summed E-state index contributed by atoms with van der Waals surface area (Å²) in [6.45, 7) is 2.46. The topological polar surface area (TPSA) is 82.3 Å². The van der Waals surface area contributed by atoms with E-state index in [2.05, 4.69) is 15.3 Å². The van der Waals surface area contributed by atoms with Crippen LogP contribution < -0.4 is 20.5 Å². The van der Waals surface area contributed by atoms with Crippen LogP contribution in [0.1, 0.15) is 11.3 Å². The van der Waals surface area contributed by atoms with Gasteiger partial charge in [-0.25, -0.2) is 4.98 Å². The summed E-state index contributed by atoms with van der Waals surface area (Å²) in [6, 6.07) is 7.41. The molecule has 0 aliphatic rings. The van der Waals surface area contributed by atoms with Gasteiger partial charge in [0.2, 0.25) is 11.8 Å². The van der Waals surface area contributed by atoms with Crippen LogP contribution in [-0.2, 0) is 6.54 Å². The smallest absolute Gasteiger partial charge is 0.226 e. The van der Waals surface area contributed by atoms with Crippen molar-refractivity contribution in [3.63, 3.8) is 0 Å². The molecule has 3 N–H and O–H groups in total. The molecule has 0 saturated heterocycles. The molecule has 0 bridgehead atoms. The van der Waals surface area contributed by atoms with E-state index < -0.39 is 0 Å². The number of aromatic nitrogens is 2. The second kappa shape index (κ2) is 6.10. The van der Waals surface area contributed by atoms with Crippen LogP contribution in [0.15, 0.2) is 24.3 Å². The quantitative estimate of drug-likeness (QED) is 0.811. The summed E-state index contributed by atoms with van der Waals surface area (Å²) in [4.78, 5) is 8.52. The molecule has 0 radical (unpaired) electrons. The monoisotopic (exact) mass is 274 g/mol. The van der Waals surface area contributed by atoms with Gasteiger partial charge in [0, 0.05) is 18.3 Å². The van der Waals surface area contributed by atoms with E-state index in [9.17, 15) is 0 Å². The number of nitrogen functional groups attached to an aromatic ring is 1. The summed E-state index contributed by atoms with van der Waals surface area (Å²) in [6.07, 6.45) is 0. The third kappa shape index (κ3) is 3.28. The Labute approximate surface area is 118 Å². The van der Waals surface area contributed by atoms with Crippen LogP contribution in [0.25, 0.3) is 0 Å². The van der Waals surface area contributed by atoms with E-state index in [1.165, 1.54) is 0 Å². The maximum atomic E-state index is 5.87. The average molecular weight is 274 g/mol. The van der Waals surface area contributed by atoms with Crippen molar-refractivity contribution in [2.75, 3.05) is 25.3 Å². The van der Waals surface area contributed by atoms with Crippen LogP contribution >= 0.6 is 0 Å². The molecule has 1 heterocycles. The number of rotatable bonds is 5. The molecule has 0 unspecified atom stereocenters. The lowest BCUT2D eigenvalue weighted by atomic mass is 10.2. The number of hydrogen-bond acceptors (Lipinski definition) is 6. The minimum atomic E-state index is 0.524. The highest BCUT2D eigenvalue weighted by Crippen LogP contribution is 2.22. The third-order valence-electron chi connectivity index (χ3n) is 2.78. The van der Waals surface area contributed by atoms with Gasteiger partial charge in [-0.2, -0.15) is 4.98 Å². The Bertz CT molecular complexity index is 602. The summed E-state index contributed by atoms with van der Waals surface area (Å²) < 4.78 is 10.2. The molecule has 106 valence electrons. The molecule has 0 atom stereocenters. The minimum Gasteiger partial charge on any atom is -0.495 e. The number of hydrogen-bond donors (Lipinski definition) is 2. The molecule has 0 amide bonds. The molecule has 2 rings (SSSR count). The highest BCUT2D eigenvalue weighted by molar-refractivity contribution is 5.54. The summed E-state index contributed by atoms with van der Waals surface area (Å²) in [5.74, 6) is 1.73. The predicted octanol–water partition coefficient (Wildman–Crippen LogP) is 2.00. The average Bonchev–Trinajstić information content (AvgIpc) is 2.44. The summed E-state index contributed by atoms with van der Waals surface area (Å²) in [5, 5.41) is 3.14. The molecule has 0 spiro atoms. The molecule has 0 aliphatic heterocycles. The van der Waals surface area contributed by atoms with E-state index in [0.717, 1.165) is 11.3 Å². The van der Waals surface area contributed by atoms with E-state index in [1.807, 2.05) is 25.1 Å². The van der Waals surface area contributed by atoms with Crippen LogP contribution in [-0.4, -0.2) is 24.2 Å². The molecule has 0 saturated carbocycles. The molecule has 0 fully saturated rings. The summed E-state index contributed by atoms with van der Waals surface area (Å²) >= 11 is 0. The van der Waals surface area contributed by atoms with Crippen molar-refractivity contribution in [2.24, 2.45) is 0 Å². The van der Waals surface area contributed by atoms with Gasteiger partial charge in [-0.15, -0.1) is 0 Å². The fourth-order valence-corrected chi connectivity index (χ4v) is 1.80. The van der Waals surface area contributed by atoms with E-state index >= 15 is 0 Å². The number of nitrogens with zero attached hydrogens (tertiary/aromatic N) is 2.